The van der Waals surface area contributed by atoms with Crippen LogP contribution >= 0.6 is 27.3 Å². The lowest BCUT2D eigenvalue weighted by Gasteiger charge is -2.29. The molecule has 0 aliphatic rings. The highest BCUT2D eigenvalue weighted by atomic mass is 79.9. The molecule has 4 aromatic heterocycles. The van der Waals surface area contributed by atoms with E-state index >= 15 is 0 Å². The number of aromatic nitrogens is 3. The van der Waals surface area contributed by atoms with Crippen molar-refractivity contribution >= 4 is 129 Å². The number of thiophene rings is 1. The van der Waals surface area contributed by atoms with Crippen molar-refractivity contribution in [2.24, 2.45) is 0 Å². The van der Waals surface area contributed by atoms with E-state index in [-0.39, 0.29) is 0 Å². The Morgan fingerprint density at radius 3 is 1.80 bits per heavy atom. The number of pyridine rings is 2. The summed E-state index contributed by atoms with van der Waals surface area (Å²) in [5.41, 5.74) is 6.64. The van der Waals surface area contributed by atoms with Crippen molar-refractivity contribution in [2.75, 3.05) is 4.90 Å². The Morgan fingerprint density at radius 1 is 0.464 bits per heavy atom. The maximum atomic E-state index is 4.41. The van der Waals surface area contributed by atoms with Crippen molar-refractivity contribution in [3.8, 4) is 5.69 Å². The lowest BCUT2D eigenvalue weighted by molar-refractivity contribution is 1.18. The number of nitrogens with zero attached hydrogens (tertiary/aromatic N) is 4. The smallest absolute Gasteiger partial charge is 0.0718 e. The normalized spacial score (nSPS) is 12.0. The minimum Gasteiger partial charge on any atom is -0.309 e. The van der Waals surface area contributed by atoms with Crippen LogP contribution in [0.3, 0.4) is 0 Å². The van der Waals surface area contributed by atoms with Crippen molar-refractivity contribution in [2.45, 2.75) is 0 Å². The van der Waals surface area contributed by atoms with Gasteiger partial charge in [0.25, 0.3) is 0 Å². The molecule has 8 aromatic carbocycles. The first-order valence-corrected chi connectivity index (χ1v) is 20.3. The van der Waals surface area contributed by atoms with Crippen molar-refractivity contribution < 1.29 is 0 Å². The maximum absolute atomic E-state index is 4.41. The lowest BCUT2D eigenvalue weighted by atomic mass is 10.0. The highest BCUT2D eigenvalue weighted by Gasteiger charge is 2.26. The van der Waals surface area contributed by atoms with Crippen LogP contribution in [0.4, 0.5) is 17.1 Å². The average Bonchev–Trinajstić information content (AvgIpc) is 3.78. The van der Waals surface area contributed by atoms with E-state index in [9.17, 15) is 0 Å². The Balaban J connectivity index is 1.26. The molecule has 56 heavy (non-hydrogen) atoms. The molecule has 0 bridgehead atoms. The van der Waals surface area contributed by atoms with Gasteiger partial charge in [0.1, 0.15) is 0 Å². The summed E-state index contributed by atoms with van der Waals surface area (Å²) in [5.74, 6) is 0. The Morgan fingerprint density at radius 2 is 1.07 bits per heavy atom. The fourth-order valence-electron chi connectivity index (χ4n) is 8.76. The predicted molar refractivity (Wildman–Crippen MR) is 242 cm³/mol. The third-order valence-electron chi connectivity index (χ3n) is 11.3. The zero-order chi connectivity index (χ0) is 36.9. The Bertz CT molecular complexity index is 3510. The molecule has 12 aromatic rings. The number of halogens is 1. The third kappa shape index (κ3) is 4.70. The molecular weight excluding hydrogens is 769 g/mol. The highest BCUT2D eigenvalue weighted by Crippen LogP contribution is 2.51. The van der Waals surface area contributed by atoms with Gasteiger partial charge in [0.05, 0.1) is 26.9 Å². The van der Waals surface area contributed by atoms with Crippen molar-refractivity contribution in [3.63, 3.8) is 0 Å². The Kier molecular flexibility index (Phi) is 6.91. The fraction of sp³-hybridized carbons (Fsp3) is 0. The first-order valence-electron chi connectivity index (χ1n) is 18.6. The van der Waals surface area contributed by atoms with Gasteiger partial charge < -0.3 is 9.47 Å². The van der Waals surface area contributed by atoms with Crippen LogP contribution < -0.4 is 4.90 Å². The van der Waals surface area contributed by atoms with Gasteiger partial charge in [-0.2, -0.15) is 0 Å². The molecular formula is C50H29BrN4S. The van der Waals surface area contributed by atoms with Crippen LogP contribution in [0.2, 0.25) is 0 Å². The second-order valence-electron chi connectivity index (χ2n) is 14.4. The van der Waals surface area contributed by atoms with E-state index in [4.69, 9.17) is 0 Å². The third-order valence-corrected chi connectivity index (χ3v) is 13.2. The second-order valence-corrected chi connectivity index (χ2v) is 16.3. The molecule has 0 aliphatic carbocycles. The monoisotopic (exact) mass is 796 g/mol. The summed E-state index contributed by atoms with van der Waals surface area (Å²) in [6.07, 6.45) is 7.59. The molecule has 0 fully saturated rings. The molecule has 0 atom stereocenters. The van der Waals surface area contributed by atoms with Gasteiger partial charge in [-0.05, 0) is 115 Å². The van der Waals surface area contributed by atoms with Crippen LogP contribution in [-0.2, 0) is 0 Å². The largest absolute Gasteiger partial charge is 0.309 e. The molecule has 12 rings (SSSR count). The van der Waals surface area contributed by atoms with Gasteiger partial charge in [-0.3, -0.25) is 9.97 Å². The molecule has 4 nitrogen and oxygen atoms in total. The van der Waals surface area contributed by atoms with Gasteiger partial charge in [0, 0.05) is 77.9 Å². The summed E-state index contributed by atoms with van der Waals surface area (Å²) in [4.78, 5) is 11.2. The van der Waals surface area contributed by atoms with Crippen molar-refractivity contribution in [3.05, 3.63) is 181 Å². The molecule has 0 saturated heterocycles. The van der Waals surface area contributed by atoms with Gasteiger partial charge in [0.15, 0.2) is 0 Å². The molecule has 0 aliphatic heterocycles. The summed E-state index contributed by atoms with van der Waals surface area (Å²) in [7, 11) is 0. The summed E-state index contributed by atoms with van der Waals surface area (Å²) >= 11 is 6.23. The first-order chi connectivity index (χ1) is 27.7. The number of anilines is 3. The standard InChI is InChI=1S/C50H29BrN4S/c51-49-44(54(37-16-13-35-28-52-21-19-33(35)23-37)38-17-14-36-29-53-22-20-34(36)24-38)27-46-48(40-11-5-6-12-45(40)56-46)50(49)55-42-18-15-30-7-3-4-10-39(30)47(42)41-25-31-8-1-2-9-32(31)26-43(41)55/h1-29H. The molecule has 0 radical (unpaired) electrons. The van der Waals surface area contributed by atoms with Crippen LogP contribution in [-0.4, -0.2) is 14.5 Å². The highest BCUT2D eigenvalue weighted by molar-refractivity contribution is 9.10. The number of hydrogen-bond donors (Lipinski definition) is 0. The summed E-state index contributed by atoms with van der Waals surface area (Å²) < 4.78 is 6.01. The molecule has 0 spiro atoms. The second kappa shape index (κ2) is 12.2. The van der Waals surface area contributed by atoms with Crippen LogP contribution in [0.15, 0.2) is 181 Å². The summed E-state index contributed by atoms with van der Waals surface area (Å²) in [5, 5.41) is 14.4. The molecule has 262 valence electrons. The van der Waals surface area contributed by atoms with Crippen LogP contribution in [0.5, 0.6) is 0 Å². The van der Waals surface area contributed by atoms with E-state index in [0.717, 1.165) is 48.8 Å². The van der Waals surface area contributed by atoms with Gasteiger partial charge in [-0.1, -0.05) is 84.9 Å². The fourth-order valence-corrected chi connectivity index (χ4v) is 10.6. The number of benzene rings is 8. The first kappa shape index (κ1) is 31.7. The van der Waals surface area contributed by atoms with Crippen LogP contribution in [0, 0.1) is 0 Å². The average molecular weight is 798 g/mol. The topological polar surface area (TPSA) is 34.0 Å². The predicted octanol–water partition coefficient (Wildman–Crippen LogP) is 14.8. The zero-order valence-corrected chi connectivity index (χ0v) is 32.2. The van der Waals surface area contributed by atoms with E-state index < -0.39 is 0 Å². The molecule has 0 saturated carbocycles. The maximum Gasteiger partial charge on any atom is 0.0718 e. The van der Waals surface area contributed by atoms with Crippen molar-refractivity contribution in [1.82, 2.24) is 14.5 Å². The molecule has 0 unspecified atom stereocenters. The van der Waals surface area contributed by atoms with Crippen LogP contribution in [0.1, 0.15) is 0 Å². The molecule has 0 amide bonds. The van der Waals surface area contributed by atoms with Gasteiger partial charge >= 0.3 is 0 Å². The van der Waals surface area contributed by atoms with Gasteiger partial charge in [0.2, 0.25) is 0 Å². The zero-order valence-electron chi connectivity index (χ0n) is 29.8. The summed E-state index contributed by atoms with van der Waals surface area (Å²) in [6.45, 7) is 0. The van der Waals surface area contributed by atoms with E-state index in [1.807, 2.05) is 36.1 Å². The van der Waals surface area contributed by atoms with E-state index in [2.05, 4.69) is 187 Å². The minimum absolute atomic E-state index is 1.01. The Hall–Kier alpha value is -6.60. The quantitative estimate of drug-likeness (QED) is 0.178. The Labute approximate surface area is 333 Å². The summed E-state index contributed by atoms with van der Waals surface area (Å²) in [6, 6.07) is 55.5. The van der Waals surface area contributed by atoms with E-state index in [0.29, 0.717) is 0 Å². The van der Waals surface area contributed by atoms with Gasteiger partial charge in [-0.15, -0.1) is 11.3 Å². The number of fused-ring (bicyclic) bond motifs is 11. The number of hydrogen-bond acceptors (Lipinski definition) is 4. The lowest BCUT2D eigenvalue weighted by Crippen LogP contribution is -2.12. The van der Waals surface area contributed by atoms with E-state index in [1.54, 1.807) is 0 Å². The van der Waals surface area contributed by atoms with Gasteiger partial charge in [-0.25, -0.2) is 0 Å². The molecule has 4 heterocycles. The molecule has 6 heteroatoms. The SMILES string of the molecule is Brc1c(N(c2ccc3cnccc3c2)c2ccc3cnccc3c2)cc2sc3ccccc3c2c1-n1c2cc3ccccc3cc2c2c3ccccc3ccc21. The van der Waals surface area contributed by atoms with E-state index in [1.165, 1.54) is 63.5 Å². The van der Waals surface area contributed by atoms with Crippen molar-refractivity contribution in [1.29, 1.82) is 0 Å². The number of rotatable bonds is 4. The minimum atomic E-state index is 1.01. The van der Waals surface area contributed by atoms with Crippen LogP contribution in [0.25, 0.3) is 90.8 Å². The molecule has 0 N–H and O–H groups in total.